The highest BCUT2D eigenvalue weighted by atomic mass is 16.2. The zero-order valence-electron chi connectivity index (χ0n) is 10.4. The molecule has 2 heterocycles. The molecule has 0 saturated heterocycles. The van der Waals surface area contributed by atoms with Gasteiger partial charge in [-0.3, -0.25) is 9.59 Å². The molecule has 0 unspecified atom stereocenters. The Balaban J connectivity index is 2.38. The van der Waals surface area contributed by atoms with Gasteiger partial charge < -0.3 is 11.1 Å². The number of benzene rings is 2. The summed E-state index contributed by atoms with van der Waals surface area (Å²) in [7, 11) is 0. The Morgan fingerprint density at radius 2 is 1.79 bits per heavy atom. The topological polar surface area (TPSA) is 72.2 Å². The molecule has 4 heteroatoms. The molecule has 0 atom stereocenters. The molecule has 4 bridgehead atoms. The lowest BCUT2D eigenvalue weighted by atomic mass is 9.94. The molecule has 19 heavy (non-hydrogen) atoms. The molecule has 2 aliphatic heterocycles. The first-order valence-corrected chi connectivity index (χ1v) is 5.92. The van der Waals surface area contributed by atoms with Crippen LogP contribution in [0, 0.1) is 6.92 Å². The van der Waals surface area contributed by atoms with Crippen molar-refractivity contribution < 1.29 is 9.59 Å². The van der Waals surface area contributed by atoms with Crippen molar-refractivity contribution in [3.63, 3.8) is 0 Å². The Kier molecular flexibility index (Phi) is 2.38. The number of aryl methyl sites for hydroxylation is 1. The molecule has 0 fully saturated rings. The number of nitrogens with one attached hydrogen (secondary N) is 1. The minimum absolute atomic E-state index is 0.178. The monoisotopic (exact) mass is 252 g/mol. The quantitative estimate of drug-likeness (QED) is 0.817. The number of anilines is 1. The van der Waals surface area contributed by atoms with Gasteiger partial charge in [-0.2, -0.15) is 0 Å². The number of hydrogen-bond donors (Lipinski definition) is 2. The lowest BCUT2D eigenvalue weighted by Gasteiger charge is -2.10. The Bertz CT molecular complexity index is 703. The van der Waals surface area contributed by atoms with Gasteiger partial charge in [0.2, 0.25) is 5.91 Å². The van der Waals surface area contributed by atoms with Crippen molar-refractivity contribution in [2.45, 2.75) is 6.92 Å². The molecule has 0 saturated carbocycles. The summed E-state index contributed by atoms with van der Waals surface area (Å²) in [5.41, 5.74) is 9.44. The van der Waals surface area contributed by atoms with Crippen LogP contribution >= 0.6 is 0 Å². The predicted molar refractivity (Wildman–Crippen MR) is 73.1 cm³/mol. The van der Waals surface area contributed by atoms with Crippen molar-refractivity contribution in [3.05, 3.63) is 53.1 Å². The summed E-state index contributed by atoms with van der Waals surface area (Å²) in [6.45, 7) is 1.79. The van der Waals surface area contributed by atoms with Crippen LogP contribution in [0.25, 0.3) is 11.1 Å². The molecule has 2 aromatic carbocycles. The summed E-state index contributed by atoms with van der Waals surface area (Å²) in [4.78, 5) is 23.7. The van der Waals surface area contributed by atoms with E-state index < -0.39 is 5.91 Å². The molecule has 2 aromatic rings. The lowest BCUT2D eigenvalue weighted by Crippen LogP contribution is -2.16. The summed E-state index contributed by atoms with van der Waals surface area (Å²) < 4.78 is 0. The summed E-state index contributed by atoms with van der Waals surface area (Å²) in [6, 6.07) is 10.7. The molecule has 3 N–H and O–H groups in total. The molecule has 2 aliphatic rings. The van der Waals surface area contributed by atoms with E-state index in [1.165, 1.54) is 0 Å². The number of carbonyl (C=O) groups excluding carboxylic acids is 2. The largest absolute Gasteiger partial charge is 0.366 e. The molecule has 0 radical (unpaired) electrons. The van der Waals surface area contributed by atoms with Crippen LogP contribution in [0.4, 0.5) is 5.69 Å². The third-order valence-corrected chi connectivity index (χ3v) is 3.33. The van der Waals surface area contributed by atoms with E-state index in [0.29, 0.717) is 16.7 Å². The highest BCUT2D eigenvalue weighted by Crippen LogP contribution is 2.30. The number of amides is 2. The normalized spacial score (nSPS) is 12.4. The first kappa shape index (κ1) is 11.5. The Morgan fingerprint density at radius 1 is 1.11 bits per heavy atom. The summed E-state index contributed by atoms with van der Waals surface area (Å²) in [6.07, 6.45) is 0. The summed E-state index contributed by atoms with van der Waals surface area (Å²) in [5, 5.41) is 2.82. The number of carbonyl (C=O) groups is 2. The van der Waals surface area contributed by atoms with Crippen LogP contribution in [-0.2, 0) is 0 Å². The van der Waals surface area contributed by atoms with Gasteiger partial charge in [-0.05, 0) is 47.9 Å². The fourth-order valence-corrected chi connectivity index (χ4v) is 2.33. The van der Waals surface area contributed by atoms with E-state index in [2.05, 4.69) is 5.32 Å². The van der Waals surface area contributed by atoms with Crippen LogP contribution in [0.15, 0.2) is 36.4 Å². The van der Waals surface area contributed by atoms with Crippen molar-refractivity contribution in [2.24, 2.45) is 5.73 Å². The minimum atomic E-state index is -0.492. The van der Waals surface area contributed by atoms with Crippen molar-refractivity contribution >= 4 is 17.5 Å². The van der Waals surface area contributed by atoms with Crippen LogP contribution in [0.3, 0.4) is 0 Å². The third kappa shape index (κ3) is 1.78. The predicted octanol–water partition coefficient (Wildman–Crippen LogP) is 2.33. The Labute approximate surface area is 110 Å². The number of nitrogens with two attached hydrogens (primary N) is 1. The van der Waals surface area contributed by atoms with Crippen LogP contribution in [0.5, 0.6) is 0 Å². The molecule has 4 rings (SSSR count). The first-order chi connectivity index (χ1) is 9.06. The number of primary amides is 1. The zero-order chi connectivity index (χ0) is 13.6. The molecular weight excluding hydrogens is 240 g/mol. The SMILES string of the molecule is Cc1cc(C(N)=O)c2cc1C(=O)Nc1ccc-2cc1. The standard InChI is InChI=1S/C15H12N2O2/c1-8-6-13(14(16)18)12-7-11(8)15(19)17-10-4-2-9(12)3-5-10/h2-7H,1H3,(H2,16,18)(H,17,19). The van der Waals surface area contributed by atoms with E-state index in [0.717, 1.165) is 16.8 Å². The second kappa shape index (κ2) is 3.95. The number of rotatable bonds is 1. The van der Waals surface area contributed by atoms with Crippen LogP contribution in [0.1, 0.15) is 26.3 Å². The highest BCUT2D eigenvalue weighted by molar-refractivity contribution is 6.09. The van der Waals surface area contributed by atoms with Crippen LogP contribution in [0.2, 0.25) is 0 Å². The van der Waals surface area contributed by atoms with E-state index in [9.17, 15) is 9.59 Å². The van der Waals surface area contributed by atoms with Crippen molar-refractivity contribution in [2.75, 3.05) is 5.32 Å². The van der Waals surface area contributed by atoms with Crippen molar-refractivity contribution in [1.82, 2.24) is 0 Å². The van der Waals surface area contributed by atoms with Crippen LogP contribution < -0.4 is 11.1 Å². The molecule has 0 spiro atoms. The zero-order valence-corrected chi connectivity index (χ0v) is 10.4. The average Bonchev–Trinajstić information content (AvgIpc) is 2.47. The minimum Gasteiger partial charge on any atom is -0.366 e. The number of hydrogen-bond acceptors (Lipinski definition) is 2. The van der Waals surface area contributed by atoms with Gasteiger partial charge >= 0.3 is 0 Å². The highest BCUT2D eigenvalue weighted by Gasteiger charge is 2.19. The van der Waals surface area contributed by atoms with E-state index in [1.54, 1.807) is 19.1 Å². The van der Waals surface area contributed by atoms with Gasteiger partial charge in [-0.1, -0.05) is 12.1 Å². The van der Waals surface area contributed by atoms with Gasteiger partial charge in [0, 0.05) is 16.8 Å². The summed E-state index contributed by atoms with van der Waals surface area (Å²) >= 11 is 0. The van der Waals surface area contributed by atoms with E-state index in [1.807, 2.05) is 24.3 Å². The maximum atomic E-state index is 12.1. The third-order valence-electron chi connectivity index (χ3n) is 3.33. The number of fused-ring (bicyclic) bond motifs is 3. The second-order valence-corrected chi connectivity index (χ2v) is 4.61. The maximum Gasteiger partial charge on any atom is 0.255 e. The molecule has 4 nitrogen and oxygen atoms in total. The van der Waals surface area contributed by atoms with E-state index in [-0.39, 0.29) is 5.91 Å². The molecule has 94 valence electrons. The fourth-order valence-electron chi connectivity index (χ4n) is 2.33. The van der Waals surface area contributed by atoms with Gasteiger partial charge in [0.1, 0.15) is 0 Å². The molecule has 0 aliphatic carbocycles. The van der Waals surface area contributed by atoms with Gasteiger partial charge in [-0.15, -0.1) is 0 Å². The summed E-state index contributed by atoms with van der Waals surface area (Å²) in [5.74, 6) is -0.671. The van der Waals surface area contributed by atoms with E-state index >= 15 is 0 Å². The molecule has 2 amide bonds. The van der Waals surface area contributed by atoms with Gasteiger partial charge in [0.15, 0.2) is 0 Å². The van der Waals surface area contributed by atoms with E-state index in [4.69, 9.17) is 5.73 Å². The Morgan fingerprint density at radius 3 is 2.42 bits per heavy atom. The Hall–Kier alpha value is -2.62. The van der Waals surface area contributed by atoms with Crippen LogP contribution in [-0.4, -0.2) is 11.8 Å². The molecular formula is C15H12N2O2. The van der Waals surface area contributed by atoms with Crippen molar-refractivity contribution in [3.8, 4) is 11.1 Å². The van der Waals surface area contributed by atoms with Crippen molar-refractivity contribution in [1.29, 1.82) is 0 Å². The lowest BCUT2D eigenvalue weighted by molar-refractivity contribution is 0.0995. The smallest absolute Gasteiger partial charge is 0.255 e. The second-order valence-electron chi connectivity index (χ2n) is 4.61. The fraction of sp³-hybridized carbons (Fsp3) is 0.0667. The molecule has 0 aromatic heterocycles. The first-order valence-electron chi connectivity index (χ1n) is 5.92. The maximum absolute atomic E-state index is 12.1. The van der Waals surface area contributed by atoms with Gasteiger partial charge in [-0.25, -0.2) is 0 Å². The van der Waals surface area contributed by atoms with Gasteiger partial charge in [0.05, 0.1) is 0 Å². The average molecular weight is 252 g/mol. The van der Waals surface area contributed by atoms with Gasteiger partial charge in [0.25, 0.3) is 5.91 Å².